The molecule has 80 valence electrons. The maximum atomic E-state index is 5.65. The van der Waals surface area contributed by atoms with Gasteiger partial charge in [0.05, 0.1) is 7.57 Å². The fourth-order valence-corrected chi connectivity index (χ4v) is 5.18. The molecule has 15 heavy (non-hydrogen) atoms. The van der Waals surface area contributed by atoms with Crippen LogP contribution in [0.2, 0.25) is 0 Å². The Bertz CT molecular complexity index is 469. The smallest absolute Gasteiger partial charge is 0.143 e. The molecule has 0 aliphatic carbocycles. The summed E-state index contributed by atoms with van der Waals surface area (Å²) in [6, 6.07) is 2.04. The van der Waals surface area contributed by atoms with Gasteiger partial charge in [-0.3, -0.25) is 0 Å². The van der Waals surface area contributed by atoms with Crippen molar-refractivity contribution >= 4 is 66.1 Å². The lowest BCUT2D eigenvalue weighted by Crippen LogP contribution is -1.82. The van der Waals surface area contributed by atoms with Crippen LogP contribution >= 0.6 is 66.1 Å². The lowest BCUT2D eigenvalue weighted by molar-refractivity contribution is 0.990. The minimum absolute atomic E-state index is 0.586. The summed E-state index contributed by atoms with van der Waals surface area (Å²) >= 11 is 15.8. The quantitative estimate of drug-likeness (QED) is 0.720. The molecule has 0 saturated carbocycles. The second kappa shape index (κ2) is 5.23. The third-order valence-electron chi connectivity index (χ3n) is 1.66. The normalized spacial score (nSPS) is 10.9. The van der Waals surface area contributed by atoms with E-state index in [-0.39, 0.29) is 0 Å². The van der Waals surface area contributed by atoms with Crippen LogP contribution in [0, 0.1) is 0 Å². The standard InChI is InChI=1S/C8H5Br2ClN2S2/c9-5-3-4(7(10)14-5)8-13-12-6(15-8)1-2-11/h3H,1-2H2. The van der Waals surface area contributed by atoms with E-state index < -0.39 is 0 Å². The minimum atomic E-state index is 0.586. The van der Waals surface area contributed by atoms with Crippen LogP contribution in [0.3, 0.4) is 0 Å². The SMILES string of the molecule is ClCCc1nnc(-c2cc(Br)sc2Br)s1. The maximum absolute atomic E-state index is 5.65. The average Bonchev–Trinajstić information content (AvgIpc) is 2.73. The molecule has 2 rings (SSSR count). The molecule has 0 bridgehead atoms. The van der Waals surface area contributed by atoms with Crippen LogP contribution in [0.15, 0.2) is 13.6 Å². The zero-order valence-corrected chi connectivity index (χ0v) is 12.9. The zero-order valence-electron chi connectivity index (χ0n) is 7.34. The summed E-state index contributed by atoms with van der Waals surface area (Å²) in [5.74, 6) is 0.586. The Kier molecular flexibility index (Phi) is 4.17. The molecule has 0 fully saturated rings. The fourth-order valence-electron chi connectivity index (χ4n) is 1.03. The second-order valence-electron chi connectivity index (χ2n) is 2.68. The van der Waals surface area contributed by atoms with Gasteiger partial charge in [0, 0.05) is 17.9 Å². The molecule has 0 spiro atoms. The van der Waals surface area contributed by atoms with Crippen molar-refractivity contribution in [3.05, 3.63) is 18.6 Å². The Morgan fingerprint density at radius 3 is 2.67 bits per heavy atom. The van der Waals surface area contributed by atoms with Crippen molar-refractivity contribution in [2.45, 2.75) is 6.42 Å². The Hall–Kier alpha value is 0.510. The first-order chi connectivity index (χ1) is 7.20. The first-order valence-corrected chi connectivity index (χ1v) is 7.79. The van der Waals surface area contributed by atoms with Crippen molar-refractivity contribution in [2.24, 2.45) is 0 Å². The van der Waals surface area contributed by atoms with E-state index in [0.29, 0.717) is 5.88 Å². The molecule has 2 heterocycles. The summed E-state index contributed by atoms with van der Waals surface area (Å²) in [5, 5.41) is 10.1. The molecule has 0 aromatic carbocycles. The predicted octanol–water partition coefficient (Wildman–Crippen LogP) is 4.57. The topological polar surface area (TPSA) is 25.8 Å². The van der Waals surface area contributed by atoms with E-state index in [1.165, 1.54) is 0 Å². The number of thiophene rings is 1. The monoisotopic (exact) mass is 386 g/mol. The van der Waals surface area contributed by atoms with E-state index >= 15 is 0 Å². The van der Waals surface area contributed by atoms with Crippen LogP contribution in [-0.2, 0) is 6.42 Å². The third-order valence-corrected chi connectivity index (χ3v) is 5.21. The molecule has 2 nitrogen and oxygen atoms in total. The molecule has 7 heteroatoms. The van der Waals surface area contributed by atoms with Crippen LogP contribution in [0.25, 0.3) is 10.6 Å². The van der Waals surface area contributed by atoms with Gasteiger partial charge in [0.15, 0.2) is 0 Å². The van der Waals surface area contributed by atoms with Gasteiger partial charge in [0.1, 0.15) is 10.0 Å². The minimum Gasteiger partial charge on any atom is -0.143 e. The molecule has 0 atom stereocenters. The molecule has 0 aliphatic rings. The van der Waals surface area contributed by atoms with Gasteiger partial charge >= 0.3 is 0 Å². The Labute approximate surface area is 117 Å². The number of aromatic nitrogens is 2. The number of alkyl halides is 1. The number of hydrogen-bond donors (Lipinski definition) is 0. The zero-order chi connectivity index (χ0) is 10.8. The Morgan fingerprint density at radius 2 is 2.07 bits per heavy atom. The van der Waals surface area contributed by atoms with Crippen LogP contribution in [-0.4, -0.2) is 16.1 Å². The van der Waals surface area contributed by atoms with Gasteiger partial charge in [-0.25, -0.2) is 0 Å². The van der Waals surface area contributed by atoms with E-state index in [0.717, 1.165) is 29.6 Å². The number of aryl methyl sites for hydroxylation is 1. The molecule has 0 saturated heterocycles. The predicted molar refractivity (Wildman–Crippen MR) is 73.0 cm³/mol. The van der Waals surface area contributed by atoms with Gasteiger partial charge < -0.3 is 0 Å². The van der Waals surface area contributed by atoms with Crippen LogP contribution in [0.4, 0.5) is 0 Å². The highest BCUT2D eigenvalue weighted by Gasteiger charge is 2.12. The summed E-state index contributed by atoms with van der Waals surface area (Å²) in [6.45, 7) is 0. The maximum Gasteiger partial charge on any atom is 0.149 e. The van der Waals surface area contributed by atoms with Gasteiger partial charge in [-0.05, 0) is 37.9 Å². The van der Waals surface area contributed by atoms with E-state index in [4.69, 9.17) is 11.6 Å². The lowest BCUT2D eigenvalue weighted by atomic mass is 10.4. The highest BCUT2D eigenvalue weighted by Crippen LogP contribution is 2.39. The highest BCUT2D eigenvalue weighted by molar-refractivity contribution is 9.12. The van der Waals surface area contributed by atoms with E-state index in [2.05, 4.69) is 42.1 Å². The lowest BCUT2D eigenvalue weighted by Gasteiger charge is -1.88. The summed E-state index contributed by atoms with van der Waals surface area (Å²) in [7, 11) is 0. The summed E-state index contributed by atoms with van der Waals surface area (Å²) < 4.78 is 2.15. The molecule has 2 aromatic rings. The molecular weight excluding hydrogens is 383 g/mol. The van der Waals surface area contributed by atoms with Gasteiger partial charge in [-0.2, -0.15) is 0 Å². The van der Waals surface area contributed by atoms with Crippen LogP contribution in [0.5, 0.6) is 0 Å². The highest BCUT2D eigenvalue weighted by atomic mass is 79.9. The van der Waals surface area contributed by atoms with E-state index in [1.807, 2.05) is 6.07 Å². The van der Waals surface area contributed by atoms with Crippen molar-refractivity contribution in [1.29, 1.82) is 0 Å². The van der Waals surface area contributed by atoms with E-state index in [1.54, 1.807) is 22.7 Å². The Balaban J connectivity index is 2.32. The number of rotatable bonds is 3. The Morgan fingerprint density at radius 1 is 1.27 bits per heavy atom. The van der Waals surface area contributed by atoms with Crippen molar-refractivity contribution < 1.29 is 0 Å². The fraction of sp³-hybridized carbons (Fsp3) is 0.250. The van der Waals surface area contributed by atoms with Crippen molar-refractivity contribution in [2.75, 3.05) is 5.88 Å². The summed E-state index contributed by atoms with van der Waals surface area (Å²) in [4.78, 5) is 0. The van der Waals surface area contributed by atoms with Crippen LogP contribution in [0.1, 0.15) is 5.01 Å². The molecule has 0 amide bonds. The molecule has 0 radical (unpaired) electrons. The molecular formula is C8H5Br2ClN2S2. The van der Waals surface area contributed by atoms with Gasteiger partial charge in [0.25, 0.3) is 0 Å². The van der Waals surface area contributed by atoms with E-state index in [9.17, 15) is 0 Å². The van der Waals surface area contributed by atoms with Crippen molar-refractivity contribution in [3.8, 4) is 10.6 Å². The molecule has 2 aromatic heterocycles. The average molecular weight is 389 g/mol. The van der Waals surface area contributed by atoms with Crippen LogP contribution < -0.4 is 0 Å². The second-order valence-corrected chi connectivity index (χ2v) is 7.87. The van der Waals surface area contributed by atoms with Crippen molar-refractivity contribution in [3.63, 3.8) is 0 Å². The molecule has 0 unspecified atom stereocenters. The largest absolute Gasteiger partial charge is 0.149 e. The molecule has 0 N–H and O–H groups in total. The molecule has 0 aliphatic heterocycles. The first-order valence-electron chi connectivity index (χ1n) is 4.04. The van der Waals surface area contributed by atoms with Gasteiger partial charge in [-0.1, -0.05) is 11.3 Å². The number of halogens is 3. The van der Waals surface area contributed by atoms with Gasteiger partial charge in [0.2, 0.25) is 0 Å². The summed E-state index contributed by atoms with van der Waals surface area (Å²) in [6.07, 6.45) is 0.780. The number of nitrogens with zero attached hydrogens (tertiary/aromatic N) is 2. The third kappa shape index (κ3) is 2.79. The summed E-state index contributed by atoms with van der Waals surface area (Å²) in [5.41, 5.74) is 1.09. The van der Waals surface area contributed by atoms with Gasteiger partial charge in [-0.15, -0.1) is 33.1 Å². The first kappa shape index (κ1) is 12.0. The number of hydrogen-bond acceptors (Lipinski definition) is 4. The van der Waals surface area contributed by atoms with Crippen molar-refractivity contribution in [1.82, 2.24) is 10.2 Å².